The van der Waals surface area contributed by atoms with Crippen LogP contribution in [0.2, 0.25) is 0 Å². The number of ether oxygens (including phenoxy) is 1. The molecular formula is C10H12N2O5S. The molecule has 1 aromatic rings. The number of amides is 1. The number of carbonyl (C=O) groups is 2. The Morgan fingerprint density at radius 3 is 2.78 bits per heavy atom. The van der Waals surface area contributed by atoms with E-state index in [1.54, 1.807) is 5.38 Å². The summed E-state index contributed by atoms with van der Waals surface area (Å²) in [4.78, 5) is 35.6. The first-order valence-electron chi connectivity index (χ1n) is 5.39. The molecule has 7 nitrogen and oxygen atoms in total. The molecule has 1 saturated heterocycles. The summed E-state index contributed by atoms with van der Waals surface area (Å²) in [7, 11) is 0. The number of carbonyl (C=O) groups excluding carboxylic acids is 1. The second-order valence-corrected chi connectivity index (χ2v) is 4.76. The second-order valence-electron chi connectivity index (χ2n) is 3.92. The van der Waals surface area contributed by atoms with Crippen molar-refractivity contribution in [2.75, 3.05) is 0 Å². The maximum absolute atomic E-state index is 11.7. The molecule has 18 heavy (non-hydrogen) atoms. The van der Waals surface area contributed by atoms with Crippen LogP contribution < -0.4 is 10.2 Å². The molecule has 1 aliphatic heterocycles. The first-order chi connectivity index (χ1) is 8.56. The third-order valence-corrected chi connectivity index (χ3v) is 3.33. The van der Waals surface area contributed by atoms with Crippen LogP contribution in [0.15, 0.2) is 10.2 Å². The number of rotatable bonds is 4. The highest BCUT2D eigenvalue weighted by Crippen LogP contribution is 2.19. The van der Waals surface area contributed by atoms with Crippen LogP contribution in [0.25, 0.3) is 0 Å². The lowest BCUT2D eigenvalue weighted by Gasteiger charge is -2.10. The normalized spacial score (nSPS) is 22.9. The Labute approximate surface area is 106 Å². The van der Waals surface area contributed by atoms with E-state index in [4.69, 9.17) is 9.84 Å². The van der Waals surface area contributed by atoms with Crippen LogP contribution in [0, 0.1) is 0 Å². The predicted molar refractivity (Wildman–Crippen MR) is 62.3 cm³/mol. The zero-order valence-electron chi connectivity index (χ0n) is 9.34. The third-order valence-electron chi connectivity index (χ3n) is 2.61. The molecule has 2 heterocycles. The summed E-state index contributed by atoms with van der Waals surface area (Å²) in [6.45, 7) is 0.204. The van der Waals surface area contributed by atoms with Gasteiger partial charge in [0.25, 0.3) is 0 Å². The minimum Gasteiger partial charge on any atom is -0.479 e. The Bertz CT molecular complexity index is 508. The number of thiazole rings is 1. The monoisotopic (exact) mass is 272 g/mol. The zero-order chi connectivity index (χ0) is 13.1. The van der Waals surface area contributed by atoms with Crippen molar-refractivity contribution in [3.8, 4) is 0 Å². The van der Waals surface area contributed by atoms with Crippen molar-refractivity contribution in [3.63, 3.8) is 0 Å². The van der Waals surface area contributed by atoms with Crippen molar-refractivity contribution < 1.29 is 19.4 Å². The molecule has 0 radical (unpaired) electrons. The molecule has 0 aliphatic carbocycles. The maximum atomic E-state index is 11.7. The van der Waals surface area contributed by atoms with Crippen molar-refractivity contribution in [1.82, 2.24) is 10.3 Å². The lowest BCUT2D eigenvalue weighted by Crippen LogP contribution is -2.35. The Morgan fingerprint density at radius 2 is 2.22 bits per heavy atom. The number of carboxylic acids is 1. The van der Waals surface area contributed by atoms with Gasteiger partial charge in [-0.1, -0.05) is 11.3 Å². The Balaban J connectivity index is 1.82. The van der Waals surface area contributed by atoms with Gasteiger partial charge in [0.05, 0.1) is 6.54 Å². The van der Waals surface area contributed by atoms with Crippen LogP contribution in [0.1, 0.15) is 18.5 Å². The molecule has 0 aromatic carbocycles. The van der Waals surface area contributed by atoms with E-state index in [9.17, 15) is 14.4 Å². The van der Waals surface area contributed by atoms with Gasteiger partial charge in [-0.25, -0.2) is 4.79 Å². The Kier molecular flexibility index (Phi) is 3.78. The van der Waals surface area contributed by atoms with E-state index in [0.717, 1.165) is 11.3 Å². The van der Waals surface area contributed by atoms with Crippen molar-refractivity contribution >= 4 is 23.2 Å². The minimum absolute atomic E-state index is 0.178. The van der Waals surface area contributed by atoms with Crippen molar-refractivity contribution in [3.05, 3.63) is 20.7 Å². The van der Waals surface area contributed by atoms with Crippen LogP contribution >= 0.6 is 11.3 Å². The van der Waals surface area contributed by atoms with Gasteiger partial charge in [-0.2, -0.15) is 0 Å². The lowest BCUT2D eigenvalue weighted by atomic mass is 10.2. The Hall–Kier alpha value is -1.67. The third kappa shape index (κ3) is 2.96. The molecule has 1 aromatic heterocycles. The fraction of sp³-hybridized carbons (Fsp3) is 0.500. The van der Waals surface area contributed by atoms with E-state index >= 15 is 0 Å². The molecule has 2 rings (SSSR count). The summed E-state index contributed by atoms with van der Waals surface area (Å²) in [6, 6.07) is 0. The van der Waals surface area contributed by atoms with Crippen LogP contribution in [-0.4, -0.2) is 34.2 Å². The average Bonchev–Trinajstić information content (AvgIpc) is 2.94. The average molecular weight is 272 g/mol. The van der Waals surface area contributed by atoms with Gasteiger partial charge < -0.3 is 20.1 Å². The van der Waals surface area contributed by atoms with Gasteiger partial charge in [-0.15, -0.1) is 0 Å². The van der Waals surface area contributed by atoms with E-state index in [2.05, 4.69) is 10.3 Å². The first-order valence-corrected chi connectivity index (χ1v) is 6.27. The fourth-order valence-electron chi connectivity index (χ4n) is 1.71. The number of aromatic amines is 1. The summed E-state index contributed by atoms with van der Waals surface area (Å²) in [5.74, 6) is -1.40. The summed E-state index contributed by atoms with van der Waals surface area (Å²) in [5, 5.41) is 12.9. The minimum atomic E-state index is -1.05. The molecule has 98 valence electrons. The highest BCUT2D eigenvalue weighted by atomic mass is 32.1. The molecule has 0 spiro atoms. The molecular weight excluding hydrogens is 260 g/mol. The van der Waals surface area contributed by atoms with Crippen LogP contribution in [0.5, 0.6) is 0 Å². The van der Waals surface area contributed by atoms with Gasteiger partial charge in [0.1, 0.15) is 6.10 Å². The molecule has 1 amide bonds. The number of carboxylic acid groups (broad SMARTS) is 1. The highest BCUT2D eigenvalue weighted by Gasteiger charge is 2.34. The van der Waals surface area contributed by atoms with E-state index < -0.39 is 18.2 Å². The van der Waals surface area contributed by atoms with E-state index in [0.29, 0.717) is 18.5 Å². The maximum Gasteiger partial charge on any atom is 0.332 e. The standard InChI is InChI=1S/C10H12N2O5S/c13-8(6-1-2-7(17-6)9(14)15)11-3-5-4-18-10(16)12-5/h4,6-7H,1-3H2,(H,11,13)(H,12,16)(H,14,15). The van der Waals surface area contributed by atoms with Crippen LogP contribution in [0.3, 0.4) is 0 Å². The summed E-state index contributed by atoms with van der Waals surface area (Å²) in [5.41, 5.74) is 0.617. The molecule has 8 heteroatoms. The number of hydrogen-bond donors (Lipinski definition) is 3. The molecule has 0 saturated carbocycles. The second kappa shape index (κ2) is 5.32. The van der Waals surface area contributed by atoms with Crippen molar-refractivity contribution in [2.24, 2.45) is 0 Å². The van der Waals surface area contributed by atoms with Crippen LogP contribution in [0.4, 0.5) is 0 Å². The molecule has 0 bridgehead atoms. The summed E-state index contributed by atoms with van der Waals surface area (Å²) in [6.07, 6.45) is -0.899. The predicted octanol–water partition coefficient (Wildman–Crippen LogP) is -0.315. The molecule has 3 N–H and O–H groups in total. The molecule has 1 fully saturated rings. The van der Waals surface area contributed by atoms with E-state index in [-0.39, 0.29) is 17.3 Å². The van der Waals surface area contributed by atoms with Gasteiger partial charge in [0, 0.05) is 11.1 Å². The fourth-order valence-corrected chi connectivity index (χ4v) is 2.29. The Morgan fingerprint density at radius 1 is 1.50 bits per heavy atom. The molecule has 1 aliphatic rings. The number of aromatic nitrogens is 1. The number of hydrogen-bond acceptors (Lipinski definition) is 5. The van der Waals surface area contributed by atoms with Gasteiger partial charge >= 0.3 is 10.8 Å². The zero-order valence-corrected chi connectivity index (χ0v) is 10.2. The number of H-pyrrole nitrogens is 1. The topological polar surface area (TPSA) is 108 Å². The first kappa shape index (κ1) is 12.8. The van der Waals surface area contributed by atoms with E-state index in [1.165, 1.54) is 0 Å². The van der Waals surface area contributed by atoms with Gasteiger partial charge in [-0.05, 0) is 12.8 Å². The smallest absolute Gasteiger partial charge is 0.332 e. The molecule has 2 unspecified atom stereocenters. The quantitative estimate of drug-likeness (QED) is 0.696. The van der Waals surface area contributed by atoms with Gasteiger partial charge in [-0.3, -0.25) is 9.59 Å². The van der Waals surface area contributed by atoms with Crippen LogP contribution in [-0.2, 0) is 20.9 Å². The number of aliphatic carboxylic acids is 1. The SMILES string of the molecule is O=C(O)C1CCC(C(=O)NCc2csc(=O)[nH]2)O1. The summed E-state index contributed by atoms with van der Waals surface area (Å²) < 4.78 is 5.10. The largest absolute Gasteiger partial charge is 0.479 e. The van der Waals surface area contributed by atoms with E-state index in [1.807, 2.05) is 0 Å². The van der Waals surface area contributed by atoms with Crippen molar-refractivity contribution in [2.45, 2.75) is 31.6 Å². The summed E-state index contributed by atoms with van der Waals surface area (Å²) >= 11 is 1.02. The van der Waals surface area contributed by atoms with Crippen molar-refractivity contribution in [1.29, 1.82) is 0 Å². The highest BCUT2D eigenvalue weighted by molar-refractivity contribution is 7.07. The van der Waals surface area contributed by atoms with Gasteiger partial charge in [0.2, 0.25) is 5.91 Å². The number of nitrogens with one attached hydrogen (secondary N) is 2. The lowest BCUT2D eigenvalue weighted by molar-refractivity contribution is -0.151. The van der Waals surface area contributed by atoms with Gasteiger partial charge in [0.15, 0.2) is 6.10 Å². The molecule has 2 atom stereocenters.